The summed E-state index contributed by atoms with van der Waals surface area (Å²) in [7, 11) is 0. The van der Waals surface area contributed by atoms with Crippen molar-refractivity contribution in [3.8, 4) is 0 Å². The Balaban J connectivity index is 1.81. The van der Waals surface area contributed by atoms with Crippen LogP contribution in [0.4, 0.5) is 4.39 Å². The lowest BCUT2D eigenvalue weighted by Gasteiger charge is -2.28. The minimum atomic E-state index is -0.554. The number of rotatable bonds is 3. The molecule has 0 amide bonds. The molecule has 4 heteroatoms. The third-order valence-corrected chi connectivity index (χ3v) is 4.50. The molecular formula is C17H17ClFNO. The highest BCUT2D eigenvalue weighted by atomic mass is 35.5. The highest BCUT2D eigenvalue weighted by molar-refractivity contribution is 6.31. The highest BCUT2D eigenvalue weighted by Gasteiger charge is 2.28. The Morgan fingerprint density at radius 2 is 2.24 bits per heavy atom. The van der Waals surface area contributed by atoms with Gasteiger partial charge < -0.3 is 5.11 Å². The third kappa shape index (κ3) is 3.09. The fraction of sp³-hybridized carbons (Fsp3) is 0.353. The summed E-state index contributed by atoms with van der Waals surface area (Å²) in [6, 6.07) is 8.32. The molecule has 2 unspecified atom stereocenters. The van der Waals surface area contributed by atoms with Crippen molar-refractivity contribution >= 4 is 11.6 Å². The molecule has 3 rings (SSSR count). The molecule has 0 spiro atoms. The second-order valence-electron chi connectivity index (χ2n) is 5.55. The van der Waals surface area contributed by atoms with Crippen LogP contribution in [0.2, 0.25) is 5.02 Å². The predicted octanol–water partition coefficient (Wildman–Crippen LogP) is 3.90. The number of hydrogen-bond donors (Lipinski definition) is 1. The van der Waals surface area contributed by atoms with Crippen LogP contribution < -0.4 is 0 Å². The van der Waals surface area contributed by atoms with Gasteiger partial charge in [-0.3, -0.25) is 4.98 Å². The van der Waals surface area contributed by atoms with Gasteiger partial charge in [-0.05, 0) is 48.6 Å². The molecule has 2 nitrogen and oxygen atoms in total. The van der Waals surface area contributed by atoms with E-state index in [1.54, 1.807) is 12.3 Å². The first-order chi connectivity index (χ1) is 10.1. The highest BCUT2D eigenvalue weighted by Crippen LogP contribution is 2.34. The maximum atomic E-state index is 13.1. The molecule has 1 heterocycles. The van der Waals surface area contributed by atoms with E-state index in [-0.39, 0.29) is 11.7 Å². The lowest BCUT2D eigenvalue weighted by Crippen LogP contribution is -2.26. The normalized spacial score (nSPS) is 19.1. The van der Waals surface area contributed by atoms with Gasteiger partial charge in [0.2, 0.25) is 0 Å². The minimum absolute atomic E-state index is 0.0241. The van der Waals surface area contributed by atoms with Crippen molar-refractivity contribution < 1.29 is 9.50 Å². The van der Waals surface area contributed by atoms with E-state index in [9.17, 15) is 9.50 Å². The minimum Gasteiger partial charge on any atom is -0.392 e. The maximum Gasteiger partial charge on any atom is 0.124 e. The molecule has 0 bridgehead atoms. The first-order valence-corrected chi connectivity index (χ1v) is 7.58. The molecule has 1 aromatic heterocycles. The molecule has 1 aromatic carbocycles. The summed E-state index contributed by atoms with van der Waals surface area (Å²) in [6.07, 6.45) is 4.63. The first-order valence-electron chi connectivity index (χ1n) is 7.21. The molecule has 1 aliphatic carbocycles. The average Bonchev–Trinajstić information content (AvgIpc) is 2.49. The van der Waals surface area contributed by atoms with E-state index in [0.29, 0.717) is 11.4 Å². The van der Waals surface area contributed by atoms with E-state index in [4.69, 9.17) is 11.6 Å². The van der Waals surface area contributed by atoms with Crippen LogP contribution in [0.1, 0.15) is 35.6 Å². The Morgan fingerprint density at radius 3 is 3.05 bits per heavy atom. The Hall–Kier alpha value is -1.45. The second-order valence-corrected chi connectivity index (χ2v) is 5.96. The van der Waals surface area contributed by atoms with Crippen molar-refractivity contribution in [2.24, 2.45) is 0 Å². The Bertz CT molecular complexity index is 646. The Kier molecular flexibility index (Phi) is 4.22. The zero-order valence-corrected chi connectivity index (χ0v) is 12.4. The summed E-state index contributed by atoms with van der Waals surface area (Å²) < 4.78 is 13.1. The fourth-order valence-corrected chi connectivity index (χ4v) is 3.32. The van der Waals surface area contributed by atoms with E-state index >= 15 is 0 Å². The van der Waals surface area contributed by atoms with Crippen molar-refractivity contribution in [3.63, 3.8) is 0 Å². The van der Waals surface area contributed by atoms with Gasteiger partial charge in [-0.15, -0.1) is 0 Å². The number of aryl methyl sites for hydroxylation is 1. The van der Waals surface area contributed by atoms with Crippen LogP contribution in [0.25, 0.3) is 0 Å². The summed E-state index contributed by atoms with van der Waals surface area (Å²) in [5.41, 5.74) is 2.99. The SMILES string of the molecule is OC(Cc1ccc(F)cc1Cl)C1CCCc2cccnc21. The average molecular weight is 306 g/mol. The molecule has 110 valence electrons. The smallest absolute Gasteiger partial charge is 0.124 e. The molecule has 2 atom stereocenters. The Morgan fingerprint density at radius 1 is 1.38 bits per heavy atom. The van der Waals surface area contributed by atoms with Crippen LogP contribution in [0.5, 0.6) is 0 Å². The number of nitrogens with zero attached hydrogens (tertiary/aromatic N) is 1. The molecule has 0 saturated carbocycles. The van der Waals surface area contributed by atoms with E-state index in [0.717, 1.165) is 30.5 Å². The van der Waals surface area contributed by atoms with Gasteiger partial charge in [0.05, 0.1) is 6.10 Å². The molecule has 0 fully saturated rings. The Labute approximate surface area is 128 Å². The van der Waals surface area contributed by atoms with Crippen molar-refractivity contribution in [1.29, 1.82) is 0 Å². The molecule has 1 aliphatic rings. The monoisotopic (exact) mass is 305 g/mol. The summed E-state index contributed by atoms with van der Waals surface area (Å²) in [5.74, 6) is -0.334. The van der Waals surface area contributed by atoms with Gasteiger partial charge >= 0.3 is 0 Å². The molecule has 1 N–H and O–H groups in total. The lowest BCUT2D eigenvalue weighted by atomic mass is 9.81. The molecular weight excluding hydrogens is 289 g/mol. The summed E-state index contributed by atoms with van der Waals surface area (Å²) in [4.78, 5) is 4.45. The van der Waals surface area contributed by atoms with Crippen LogP contribution in [0.15, 0.2) is 36.5 Å². The molecule has 0 saturated heterocycles. The van der Waals surface area contributed by atoms with Crippen LogP contribution in [-0.4, -0.2) is 16.2 Å². The van der Waals surface area contributed by atoms with Gasteiger partial charge in [0, 0.05) is 29.3 Å². The van der Waals surface area contributed by atoms with Gasteiger partial charge in [0.15, 0.2) is 0 Å². The number of benzene rings is 1. The number of aliphatic hydroxyl groups excluding tert-OH is 1. The fourth-order valence-electron chi connectivity index (χ4n) is 3.07. The number of aliphatic hydroxyl groups is 1. The third-order valence-electron chi connectivity index (χ3n) is 4.15. The number of fused-ring (bicyclic) bond motifs is 1. The summed E-state index contributed by atoms with van der Waals surface area (Å²) >= 11 is 6.05. The quantitative estimate of drug-likeness (QED) is 0.933. The van der Waals surface area contributed by atoms with Gasteiger partial charge in [-0.2, -0.15) is 0 Å². The molecule has 21 heavy (non-hydrogen) atoms. The van der Waals surface area contributed by atoms with Crippen molar-refractivity contribution in [2.45, 2.75) is 37.7 Å². The number of aromatic nitrogens is 1. The number of pyridine rings is 1. The molecule has 0 aliphatic heterocycles. The molecule has 0 radical (unpaired) electrons. The van der Waals surface area contributed by atoms with Gasteiger partial charge in [0.25, 0.3) is 0 Å². The van der Waals surface area contributed by atoms with Gasteiger partial charge in [-0.1, -0.05) is 23.7 Å². The zero-order valence-electron chi connectivity index (χ0n) is 11.6. The largest absolute Gasteiger partial charge is 0.392 e. The van der Waals surface area contributed by atoms with Crippen molar-refractivity contribution in [2.75, 3.05) is 0 Å². The second kappa shape index (κ2) is 6.12. The van der Waals surface area contributed by atoms with Crippen LogP contribution >= 0.6 is 11.6 Å². The van der Waals surface area contributed by atoms with Gasteiger partial charge in [0.1, 0.15) is 5.82 Å². The number of hydrogen-bond acceptors (Lipinski definition) is 2. The van der Waals surface area contributed by atoms with E-state index in [1.165, 1.54) is 17.7 Å². The topological polar surface area (TPSA) is 33.1 Å². The van der Waals surface area contributed by atoms with Crippen molar-refractivity contribution in [3.05, 3.63) is 64.2 Å². The predicted molar refractivity (Wildman–Crippen MR) is 81.0 cm³/mol. The summed E-state index contributed by atoms with van der Waals surface area (Å²) in [6.45, 7) is 0. The summed E-state index contributed by atoms with van der Waals surface area (Å²) in [5, 5.41) is 10.9. The zero-order chi connectivity index (χ0) is 14.8. The van der Waals surface area contributed by atoms with Crippen LogP contribution in [-0.2, 0) is 12.8 Å². The lowest BCUT2D eigenvalue weighted by molar-refractivity contribution is 0.132. The van der Waals surface area contributed by atoms with Crippen LogP contribution in [0.3, 0.4) is 0 Å². The standard InChI is InChI=1S/C17H17ClFNO/c18-15-10-13(19)7-6-12(15)9-16(21)14-5-1-3-11-4-2-8-20-17(11)14/h2,4,6-8,10,14,16,21H,1,3,5,9H2. The van der Waals surface area contributed by atoms with Crippen LogP contribution in [0, 0.1) is 5.82 Å². The van der Waals surface area contributed by atoms with Crippen molar-refractivity contribution in [1.82, 2.24) is 4.98 Å². The number of halogens is 2. The van der Waals surface area contributed by atoms with Gasteiger partial charge in [-0.25, -0.2) is 4.39 Å². The van der Waals surface area contributed by atoms with E-state index < -0.39 is 6.10 Å². The maximum absolute atomic E-state index is 13.1. The van der Waals surface area contributed by atoms with E-state index in [1.807, 2.05) is 6.07 Å². The molecule has 2 aromatic rings. The van der Waals surface area contributed by atoms with E-state index in [2.05, 4.69) is 11.1 Å². The first kappa shape index (κ1) is 14.5.